The molecule has 2 aliphatic heterocycles. The number of hydrogen-bond donors (Lipinski definition) is 1. The lowest BCUT2D eigenvalue weighted by molar-refractivity contribution is -0.142. The van der Waals surface area contributed by atoms with Crippen molar-refractivity contribution in [3.05, 3.63) is 53.6 Å². The molecule has 0 bridgehead atoms. The first-order valence-corrected chi connectivity index (χ1v) is 10.9. The number of para-hydroxylation sites is 2. The molecule has 31 heavy (non-hydrogen) atoms. The van der Waals surface area contributed by atoms with Crippen molar-refractivity contribution in [2.24, 2.45) is 0 Å². The van der Waals surface area contributed by atoms with Crippen LogP contribution in [0.2, 0.25) is 5.02 Å². The van der Waals surface area contributed by atoms with Gasteiger partial charge in [-0.3, -0.25) is 9.59 Å². The molecular weight excluding hydrogens is 418 g/mol. The van der Waals surface area contributed by atoms with Gasteiger partial charge in [0, 0.05) is 23.8 Å². The van der Waals surface area contributed by atoms with E-state index in [-0.39, 0.29) is 18.4 Å². The summed E-state index contributed by atoms with van der Waals surface area (Å²) in [5.74, 6) is 0.325. The van der Waals surface area contributed by atoms with Crippen LogP contribution in [0.1, 0.15) is 13.8 Å². The molecule has 1 saturated heterocycles. The minimum Gasteiger partial charge on any atom is -0.477 e. The van der Waals surface area contributed by atoms with E-state index in [1.807, 2.05) is 43.0 Å². The number of fused-ring (bicyclic) bond motifs is 1. The molecule has 0 saturated carbocycles. The molecule has 8 heteroatoms. The van der Waals surface area contributed by atoms with E-state index in [9.17, 15) is 9.59 Å². The van der Waals surface area contributed by atoms with Crippen molar-refractivity contribution in [1.82, 2.24) is 4.90 Å². The normalized spacial score (nSPS) is 17.6. The van der Waals surface area contributed by atoms with E-state index in [1.165, 1.54) is 0 Å². The molecule has 0 aliphatic carbocycles. The Balaban J connectivity index is 0.00000132. The summed E-state index contributed by atoms with van der Waals surface area (Å²) in [6, 6.07) is 14.4. The topological polar surface area (TPSA) is 71.1 Å². The summed E-state index contributed by atoms with van der Waals surface area (Å²) < 4.78 is 11.3. The standard InChI is InChI=1S/C21H22ClN3O4.C2H6/c22-15-4-3-5-16(12-15)23-20(26)14-25-13-19(21(27)24-8-10-28-11-9-24)29-18-7-2-1-6-17(18)25;1-2/h1-7,12,19H,8-11,13-14H2,(H,23,26);1-2H3. The summed E-state index contributed by atoms with van der Waals surface area (Å²) in [5.41, 5.74) is 1.42. The summed E-state index contributed by atoms with van der Waals surface area (Å²) in [6.45, 7) is 6.56. The van der Waals surface area contributed by atoms with Crippen LogP contribution in [0.3, 0.4) is 0 Å². The highest BCUT2D eigenvalue weighted by molar-refractivity contribution is 6.30. The fraction of sp³-hybridized carbons (Fsp3) is 0.391. The van der Waals surface area contributed by atoms with Crippen molar-refractivity contribution in [3.8, 4) is 5.75 Å². The summed E-state index contributed by atoms with van der Waals surface area (Å²) in [7, 11) is 0. The van der Waals surface area contributed by atoms with Gasteiger partial charge in [-0.15, -0.1) is 0 Å². The molecule has 0 spiro atoms. The third-order valence-corrected chi connectivity index (χ3v) is 5.14. The third kappa shape index (κ3) is 5.89. The molecule has 2 amide bonds. The van der Waals surface area contributed by atoms with Gasteiger partial charge in [0.25, 0.3) is 5.91 Å². The Labute approximate surface area is 187 Å². The molecule has 1 unspecified atom stereocenters. The molecule has 2 aromatic carbocycles. The fourth-order valence-electron chi connectivity index (χ4n) is 3.51. The number of rotatable bonds is 4. The lowest BCUT2D eigenvalue weighted by Gasteiger charge is -2.38. The maximum Gasteiger partial charge on any atom is 0.265 e. The van der Waals surface area contributed by atoms with Gasteiger partial charge >= 0.3 is 0 Å². The number of halogens is 1. The number of nitrogens with zero attached hydrogens (tertiary/aromatic N) is 2. The molecular formula is C23H28ClN3O4. The zero-order valence-corrected chi connectivity index (χ0v) is 18.6. The maximum absolute atomic E-state index is 12.9. The summed E-state index contributed by atoms with van der Waals surface area (Å²) in [4.78, 5) is 29.2. The predicted molar refractivity (Wildman–Crippen MR) is 122 cm³/mol. The van der Waals surface area contributed by atoms with Crippen LogP contribution in [0.25, 0.3) is 0 Å². The van der Waals surface area contributed by atoms with E-state index >= 15 is 0 Å². The number of amides is 2. The third-order valence-electron chi connectivity index (χ3n) is 4.90. The molecule has 166 valence electrons. The number of ether oxygens (including phenoxy) is 2. The Kier molecular flexibility index (Phi) is 8.14. The first-order valence-electron chi connectivity index (χ1n) is 10.5. The van der Waals surface area contributed by atoms with Crippen LogP contribution in [0.5, 0.6) is 5.75 Å². The second-order valence-electron chi connectivity index (χ2n) is 6.95. The van der Waals surface area contributed by atoms with Crippen molar-refractivity contribution in [3.63, 3.8) is 0 Å². The molecule has 2 aliphatic rings. The van der Waals surface area contributed by atoms with Crippen molar-refractivity contribution < 1.29 is 19.1 Å². The van der Waals surface area contributed by atoms with Gasteiger partial charge in [-0.2, -0.15) is 0 Å². The first-order chi connectivity index (χ1) is 15.1. The largest absolute Gasteiger partial charge is 0.477 e. The van der Waals surface area contributed by atoms with Crippen LogP contribution < -0.4 is 15.0 Å². The lowest BCUT2D eigenvalue weighted by Crippen LogP contribution is -2.53. The van der Waals surface area contributed by atoms with Crippen LogP contribution in [0, 0.1) is 0 Å². The number of morpholine rings is 1. The van der Waals surface area contributed by atoms with Crippen molar-refractivity contribution in [2.45, 2.75) is 20.0 Å². The van der Waals surface area contributed by atoms with Crippen LogP contribution in [0.4, 0.5) is 11.4 Å². The van der Waals surface area contributed by atoms with Gasteiger partial charge in [0.05, 0.1) is 32.0 Å². The van der Waals surface area contributed by atoms with E-state index in [0.717, 1.165) is 5.69 Å². The van der Waals surface area contributed by atoms with Crippen LogP contribution in [-0.4, -0.2) is 62.2 Å². The van der Waals surface area contributed by atoms with Gasteiger partial charge < -0.3 is 24.6 Å². The number of benzene rings is 2. The molecule has 0 aromatic heterocycles. The highest BCUT2D eigenvalue weighted by atomic mass is 35.5. The number of carbonyl (C=O) groups excluding carboxylic acids is 2. The smallest absolute Gasteiger partial charge is 0.265 e. The molecule has 0 radical (unpaired) electrons. The zero-order valence-electron chi connectivity index (χ0n) is 17.8. The number of hydrogen-bond acceptors (Lipinski definition) is 5. The van der Waals surface area contributed by atoms with Crippen molar-refractivity contribution >= 4 is 34.8 Å². The van der Waals surface area contributed by atoms with Crippen LogP contribution in [-0.2, 0) is 14.3 Å². The Bertz CT molecular complexity index is 902. The maximum atomic E-state index is 12.9. The molecule has 7 nitrogen and oxygen atoms in total. The van der Waals surface area contributed by atoms with Gasteiger partial charge in [-0.25, -0.2) is 0 Å². The van der Waals surface area contributed by atoms with Gasteiger partial charge in [0.2, 0.25) is 5.91 Å². The van der Waals surface area contributed by atoms with E-state index in [4.69, 9.17) is 21.1 Å². The Morgan fingerprint density at radius 3 is 2.58 bits per heavy atom. The van der Waals surface area contributed by atoms with Gasteiger partial charge in [0.1, 0.15) is 5.75 Å². The van der Waals surface area contributed by atoms with E-state index in [1.54, 1.807) is 29.2 Å². The average molecular weight is 446 g/mol. The molecule has 1 fully saturated rings. The molecule has 2 aromatic rings. The minimum absolute atomic E-state index is 0.0805. The molecule has 1 N–H and O–H groups in total. The van der Waals surface area contributed by atoms with Gasteiger partial charge in [-0.05, 0) is 30.3 Å². The average Bonchev–Trinajstić information content (AvgIpc) is 2.80. The number of carbonyl (C=O) groups is 2. The Hall–Kier alpha value is -2.77. The first kappa shape index (κ1) is 22.9. The van der Waals surface area contributed by atoms with Crippen LogP contribution in [0.15, 0.2) is 48.5 Å². The highest BCUT2D eigenvalue weighted by Crippen LogP contribution is 2.33. The van der Waals surface area contributed by atoms with Crippen molar-refractivity contribution in [1.29, 1.82) is 0 Å². The molecule has 4 rings (SSSR count). The number of anilines is 2. The summed E-state index contributed by atoms with van der Waals surface area (Å²) in [6.07, 6.45) is -0.665. The SMILES string of the molecule is CC.O=C(CN1CC(C(=O)N2CCOCC2)Oc2ccccc21)Nc1cccc(Cl)c1. The zero-order chi connectivity index (χ0) is 22.2. The summed E-state index contributed by atoms with van der Waals surface area (Å²) >= 11 is 5.99. The lowest BCUT2D eigenvalue weighted by atomic mass is 10.1. The summed E-state index contributed by atoms with van der Waals surface area (Å²) in [5, 5.41) is 3.40. The highest BCUT2D eigenvalue weighted by Gasteiger charge is 2.34. The van der Waals surface area contributed by atoms with Gasteiger partial charge in [0.15, 0.2) is 6.10 Å². The predicted octanol–water partition coefficient (Wildman–Crippen LogP) is 3.43. The van der Waals surface area contributed by atoms with Crippen LogP contribution >= 0.6 is 11.6 Å². The second-order valence-corrected chi connectivity index (χ2v) is 7.39. The second kappa shape index (κ2) is 11.0. The Morgan fingerprint density at radius 2 is 1.84 bits per heavy atom. The minimum atomic E-state index is -0.665. The Morgan fingerprint density at radius 1 is 1.10 bits per heavy atom. The molecule has 2 heterocycles. The quantitative estimate of drug-likeness (QED) is 0.780. The van der Waals surface area contributed by atoms with E-state index in [0.29, 0.717) is 49.3 Å². The van der Waals surface area contributed by atoms with Gasteiger partial charge in [-0.1, -0.05) is 43.6 Å². The monoisotopic (exact) mass is 445 g/mol. The number of nitrogens with one attached hydrogen (secondary N) is 1. The van der Waals surface area contributed by atoms with E-state index in [2.05, 4.69) is 5.32 Å². The van der Waals surface area contributed by atoms with Crippen molar-refractivity contribution in [2.75, 3.05) is 49.6 Å². The van der Waals surface area contributed by atoms with E-state index < -0.39 is 6.10 Å². The molecule has 1 atom stereocenters. The fourth-order valence-corrected chi connectivity index (χ4v) is 3.70.